The third-order valence-electron chi connectivity index (χ3n) is 4.79. The van der Waals surface area contributed by atoms with E-state index in [9.17, 15) is 0 Å². The van der Waals surface area contributed by atoms with Crippen LogP contribution in [0.1, 0.15) is 31.4 Å². The van der Waals surface area contributed by atoms with E-state index in [1.807, 2.05) is 36.5 Å². The number of hydrogen-bond donors (Lipinski definition) is 0. The molecule has 0 saturated carbocycles. The summed E-state index contributed by atoms with van der Waals surface area (Å²) in [6.45, 7) is 4.41. The minimum Gasteiger partial charge on any atom is -0.256 e. The van der Waals surface area contributed by atoms with Crippen LogP contribution in [0.5, 0.6) is 0 Å². The molecule has 0 amide bonds. The van der Waals surface area contributed by atoms with E-state index in [-0.39, 0.29) is 0 Å². The summed E-state index contributed by atoms with van der Waals surface area (Å²) in [4.78, 5) is 4.74. The predicted octanol–water partition coefficient (Wildman–Crippen LogP) is 6.71. The molecule has 0 radical (unpaired) electrons. The molecule has 25 heavy (non-hydrogen) atoms. The smallest absolute Gasteiger partial charge is 0.0629 e. The molecule has 1 nitrogen and oxygen atoms in total. The second-order valence-corrected chi connectivity index (χ2v) is 6.67. The Morgan fingerprint density at radius 3 is 2.36 bits per heavy atom. The first-order chi connectivity index (χ1) is 12.2. The van der Waals surface area contributed by atoms with Crippen molar-refractivity contribution in [2.24, 2.45) is 4.99 Å². The molecule has 0 atom stereocenters. The fourth-order valence-electron chi connectivity index (χ4n) is 3.58. The van der Waals surface area contributed by atoms with Crippen LogP contribution < -0.4 is 0 Å². The van der Waals surface area contributed by atoms with Crippen molar-refractivity contribution in [2.75, 3.05) is 0 Å². The van der Waals surface area contributed by atoms with Gasteiger partial charge in [-0.1, -0.05) is 66.2 Å². The molecular weight excluding hydrogens is 302 g/mol. The molecular formula is C24H21N. The Morgan fingerprint density at radius 2 is 1.60 bits per heavy atom. The van der Waals surface area contributed by atoms with E-state index >= 15 is 0 Å². The number of para-hydroxylation sites is 1. The van der Waals surface area contributed by atoms with Crippen molar-refractivity contribution < 1.29 is 0 Å². The van der Waals surface area contributed by atoms with E-state index in [1.54, 1.807) is 0 Å². The first-order valence-corrected chi connectivity index (χ1v) is 8.70. The van der Waals surface area contributed by atoms with E-state index in [1.165, 1.54) is 38.6 Å². The quantitative estimate of drug-likeness (QED) is 0.475. The maximum absolute atomic E-state index is 4.74. The van der Waals surface area contributed by atoms with Crippen LogP contribution in [0.3, 0.4) is 0 Å². The molecule has 0 unspecified atom stereocenters. The van der Waals surface area contributed by atoms with Gasteiger partial charge in [0.1, 0.15) is 0 Å². The van der Waals surface area contributed by atoms with Crippen molar-refractivity contribution in [1.29, 1.82) is 0 Å². The fourth-order valence-corrected chi connectivity index (χ4v) is 3.58. The largest absolute Gasteiger partial charge is 0.256 e. The van der Waals surface area contributed by atoms with Gasteiger partial charge in [0.15, 0.2) is 0 Å². The first-order valence-electron chi connectivity index (χ1n) is 8.70. The van der Waals surface area contributed by atoms with Gasteiger partial charge >= 0.3 is 0 Å². The number of rotatable bonds is 3. The van der Waals surface area contributed by atoms with Crippen LogP contribution in [0, 0.1) is 0 Å². The number of benzene rings is 3. The zero-order valence-corrected chi connectivity index (χ0v) is 14.7. The van der Waals surface area contributed by atoms with Crippen LogP contribution in [0.4, 0.5) is 5.69 Å². The average Bonchev–Trinajstić information content (AvgIpc) is 2.98. The van der Waals surface area contributed by atoms with Gasteiger partial charge < -0.3 is 0 Å². The molecule has 0 spiro atoms. The van der Waals surface area contributed by atoms with Crippen LogP contribution in [0.15, 0.2) is 88.9 Å². The summed E-state index contributed by atoms with van der Waals surface area (Å²) in [5, 5.41) is 2.51. The highest BCUT2D eigenvalue weighted by atomic mass is 14.7. The number of allylic oxidation sites excluding steroid dienone is 4. The molecule has 3 aromatic rings. The van der Waals surface area contributed by atoms with Crippen LogP contribution in [0.2, 0.25) is 0 Å². The predicted molar refractivity (Wildman–Crippen MR) is 109 cm³/mol. The molecule has 1 heteroatoms. The van der Waals surface area contributed by atoms with Crippen molar-refractivity contribution in [2.45, 2.75) is 20.3 Å². The third-order valence-corrected chi connectivity index (χ3v) is 4.79. The lowest BCUT2D eigenvalue weighted by atomic mass is 9.92. The Kier molecular flexibility index (Phi) is 4.07. The van der Waals surface area contributed by atoms with E-state index in [0.29, 0.717) is 0 Å². The Morgan fingerprint density at radius 1 is 0.840 bits per heavy atom. The van der Waals surface area contributed by atoms with Gasteiger partial charge in [0.2, 0.25) is 0 Å². The third kappa shape index (κ3) is 3.06. The Labute approximate surface area is 149 Å². The summed E-state index contributed by atoms with van der Waals surface area (Å²) in [5.41, 5.74) is 7.68. The van der Waals surface area contributed by atoms with Crippen LogP contribution in [0.25, 0.3) is 16.3 Å². The number of aliphatic imine (C=N–C) groups is 1. The van der Waals surface area contributed by atoms with Gasteiger partial charge in [-0.15, -0.1) is 0 Å². The lowest BCUT2D eigenvalue weighted by molar-refractivity contribution is 1.26. The molecule has 1 aliphatic carbocycles. The van der Waals surface area contributed by atoms with E-state index in [2.05, 4.69) is 56.3 Å². The fraction of sp³-hybridized carbons (Fsp3) is 0.125. The van der Waals surface area contributed by atoms with Gasteiger partial charge in [0.25, 0.3) is 0 Å². The summed E-state index contributed by atoms with van der Waals surface area (Å²) in [6, 6.07) is 23.1. The van der Waals surface area contributed by atoms with Crippen LogP contribution in [-0.2, 0) is 0 Å². The zero-order valence-electron chi connectivity index (χ0n) is 14.7. The molecule has 0 aliphatic heterocycles. The van der Waals surface area contributed by atoms with E-state index < -0.39 is 0 Å². The van der Waals surface area contributed by atoms with Crippen LogP contribution >= 0.6 is 0 Å². The second kappa shape index (κ2) is 6.52. The molecule has 0 saturated heterocycles. The molecule has 0 bridgehead atoms. The lowest BCUT2D eigenvalue weighted by Gasteiger charge is -2.13. The van der Waals surface area contributed by atoms with Crippen molar-refractivity contribution in [3.63, 3.8) is 0 Å². The van der Waals surface area contributed by atoms with Gasteiger partial charge in [-0.25, -0.2) is 0 Å². The van der Waals surface area contributed by atoms with Crippen molar-refractivity contribution in [3.8, 4) is 0 Å². The van der Waals surface area contributed by atoms with E-state index in [0.717, 1.165) is 12.1 Å². The first kappa shape index (κ1) is 15.6. The highest BCUT2D eigenvalue weighted by Gasteiger charge is 2.16. The Balaban J connectivity index is 1.89. The monoisotopic (exact) mass is 323 g/mol. The Hall–Kier alpha value is -2.93. The van der Waals surface area contributed by atoms with Gasteiger partial charge in [0, 0.05) is 11.8 Å². The van der Waals surface area contributed by atoms with E-state index in [4.69, 9.17) is 4.99 Å². The molecule has 4 rings (SSSR count). The minimum absolute atomic E-state index is 0.979. The molecule has 122 valence electrons. The molecule has 0 N–H and O–H groups in total. The molecule has 1 aliphatic rings. The standard InChI is InChI=1S/C24H21N/c1-17-14-18(2)23(15-17)22-13-12-19-8-6-7-11-21(19)24(22)16-25-20-9-4-3-5-10-20/h3-14,16H,15H2,1-2H3. The summed E-state index contributed by atoms with van der Waals surface area (Å²) in [7, 11) is 0. The van der Waals surface area contributed by atoms with Gasteiger partial charge in [-0.2, -0.15) is 0 Å². The maximum atomic E-state index is 4.74. The second-order valence-electron chi connectivity index (χ2n) is 6.67. The lowest BCUT2D eigenvalue weighted by Crippen LogP contribution is -1.95. The summed E-state index contributed by atoms with van der Waals surface area (Å²) < 4.78 is 0. The topological polar surface area (TPSA) is 12.4 Å². The summed E-state index contributed by atoms with van der Waals surface area (Å²) >= 11 is 0. The number of nitrogens with zero attached hydrogens (tertiary/aromatic N) is 1. The molecule has 0 heterocycles. The molecule has 0 aromatic heterocycles. The normalized spacial score (nSPS) is 14.6. The summed E-state index contributed by atoms with van der Waals surface area (Å²) in [6.07, 6.45) is 5.35. The maximum Gasteiger partial charge on any atom is 0.0629 e. The Bertz CT molecular complexity index is 1020. The van der Waals surface area contributed by atoms with Crippen molar-refractivity contribution in [3.05, 3.63) is 95.1 Å². The number of fused-ring (bicyclic) bond motifs is 1. The van der Waals surface area contributed by atoms with Gasteiger partial charge in [0.05, 0.1) is 5.69 Å². The van der Waals surface area contributed by atoms with Crippen LogP contribution in [-0.4, -0.2) is 6.21 Å². The highest BCUT2D eigenvalue weighted by Crippen LogP contribution is 2.36. The highest BCUT2D eigenvalue weighted by molar-refractivity contribution is 6.05. The van der Waals surface area contributed by atoms with Gasteiger partial charge in [-0.05, 0) is 59.9 Å². The minimum atomic E-state index is 0.979. The van der Waals surface area contributed by atoms with Crippen molar-refractivity contribution in [1.82, 2.24) is 0 Å². The average molecular weight is 323 g/mol. The summed E-state index contributed by atoms with van der Waals surface area (Å²) in [5.74, 6) is 0. The zero-order chi connectivity index (χ0) is 17.2. The van der Waals surface area contributed by atoms with Gasteiger partial charge in [-0.3, -0.25) is 4.99 Å². The number of hydrogen-bond acceptors (Lipinski definition) is 1. The molecule has 0 fully saturated rings. The SMILES string of the molecule is CC1=CC(C)=C(c2ccc3ccccc3c2C=Nc2ccccc2)C1. The molecule has 3 aromatic carbocycles. The van der Waals surface area contributed by atoms with Crippen molar-refractivity contribution >= 4 is 28.2 Å².